The van der Waals surface area contributed by atoms with Crippen LogP contribution in [0.15, 0.2) is 66.9 Å². The molecule has 0 spiro atoms. The van der Waals surface area contributed by atoms with Gasteiger partial charge in [0.15, 0.2) is 11.6 Å². The van der Waals surface area contributed by atoms with Gasteiger partial charge in [-0.15, -0.1) is 0 Å². The van der Waals surface area contributed by atoms with Gasteiger partial charge >= 0.3 is 0 Å². The monoisotopic (exact) mass is 495 g/mol. The Balaban J connectivity index is 1.79. The number of carbonyl (C=O) groups excluding carboxylic acids is 2. The molecule has 190 valence electrons. The van der Waals surface area contributed by atoms with E-state index in [1.54, 1.807) is 18.3 Å². The van der Waals surface area contributed by atoms with Crippen molar-refractivity contribution in [1.82, 2.24) is 20.5 Å². The van der Waals surface area contributed by atoms with Gasteiger partial charge in [-0.3, -0.25) is 14.5 Å². The molecule has 7 nitrogen and oxygen atoms in total. The first-order valence-corrected chi connectivity index (χ1v) is 11.7. The largest absolute Gasteiger partial charge is 0.384 e. The minimum atomic E-state index is -1.02. The molecule has 0 aliphatic carbocycles. The molecular weight excluding hydrogens is 464 g/mol. The normalized spacial score (nSPS) is 12.7. The molecule has 1 aromatic heterocycles. The molecule has 1 heterocycles. The molecule has 2 atom stereocenters. The van der Waals surface area contributed by atoms with Crippen LogP contribution >= 0.6 is 0 Å². The molecule has 0 unspecified atom stereocenters. The fourth-order valence-electron chi connectivity index (χ4n) is 3.74. The van der Waals surface area contributed by atoms with E-state index in [0.29, 0.717) is 24.3 Å². The third kappa shape index (κ3) is 7.58. The van der Waals surface area contributed by atoms with Crippen LogP contribution in [0.1, 0.15) is 23.6 Å². The number of hydrogen-bond acceptors (Lipinski definition) is 5. The Hall–Kier alpha value is -3.85. The highest BCUT2D eigenvalue weighted by Crippen LogP contribution is 2.13. The summed E-state index contributed by atoms with van der Waals surface area (Å²) in [6, 6.07) is 14.8. The fraction of sp³-hybridized carbons (Fsp3) is 0.296. The summed E-state index contributed by atoms with van der Waals surface area (Å²) in [6.45, 7) is 2.73. The van der Waals surface area contributed by atoms with Crippen LogP contribution in [0.5, 0.6) is 0 Å². The van der Waals surface area contributed by atoms with Crippen molar-refractivity contribution in [1.29, 1.82) is 0 Å². The van der Waals surface area contributed by atoms with E-state index >= 15 is 0 Å². The average molecular weight is 496 g/mol. The summed E-state index contributed by atoms with van der Waals surface area (Å²) in [5, 5.41) is 5.62. The Bertz CT molecular complexity index is 1160. The second-order valence-corrected chi connectivity index (χ2v) is 8.60. The molecule has 4 N–H and O–H groups in total. The number of halogens is 2. The number of nitrogens with zero attached hydrogens (tertiary/aromatic N) is 2. The van der Waals surface area contributed by atoms with E-state index < -0.39 is 29.6 Å². The lowest BCUT2D eigenvalue weighted by molar-refractivity contribution is -0.131. The van der Waals surface area contributed by atoms with Crippen LogP contribution in [-0.2, 0) is 29.0 Å². The highest BCUT2D eigenvalue weighted by atomic mass is 19.2. The summed E-state index contributed by atoms with van der Waals surface area (Å²) in [7, 11) is 1.84. The van der Waals surface area contributed by atoms with Gasteiger partial charge < -0.3 is 16.4 Å². The van der Waals surface area contributed by atoms with Crippen molar-refractivity contribution >= 4 is 17.6 Å². The van der Waals surface area contributed by atoms with Crippen LogP contribution in [0, 0.1) is 11.6 Å². The zero-order valence-corrected chi connectivity index (χ0v) is 20.4. The molecule has 0 radical (unpaired) electrons. The Labute approximate surface area is 209 Å². The second kappa shape index (κ2) is 12.7. The summed E-state index contributed by atoms with van der Waals surface area (Å²) in [5.74, 6) is -2.42. The van der Waals surface area contributed by atoms with Crippen molar-refractivity contribution in [2.45, 2.75) is 38.4 Å². The molecule has 2 aromatic carbocycles. The van der Waals surface area contributed by atoms with Gasteiger partial charge in [0.05, 0.1) is 6.04 Å². The van der Waals surface area contributed by atoms with Gasteiger partial charge in [-0.1, -0.05) is 49.4 Å². The number of anilines is 1. The van der Waals surface area contributed by atoms with E-state index in [0.717, 1.165) is 23.3 Å². The lowest BCUT2D eigenvalue weighted by Crippen LogP contribution is -2.54. The first kappa shape index (κ1) is 26.7. The minimum absolute atomic E-state index is 0.0113. The first-order valence-electron chi connectivity index (χ1n) is 11.7. The highest BCUT2D eigenvalue weighted by molar-refractivity contribution is 5.90. The van der Waals surface area contributed by atoms with Crippen molar-refractivity contribution in [3.05, 3.63) is 95.2 Å². The predicted molar refractivity (Wildman–Crippen MR) is 135 cm³/mol. The molecule has 0 bridgehead atoms. The van der Waals surface area contributed by atoms with Crippen molar-refractivity contribution in [2.24, 2.45) is 0 Å². The molecule has 0 saturated heterocycles. The molecule has 2 amide bonds. The zero-order chi connectivity index (χ0) is 26.1. The summed E-state index contributed by atoms with van der Waals surface area (Å²) >= 11 is 0. The third-order valence-electron chi connectivity index (χ3n) is 5.98. The van der Waals surface area contributed by atoms with Crippen LogP contribution in [0.3, 0.4) is 0 Å². The second-order valence-electron chi connectivity index (χ2n) is 8.60. The number of nitrogen functional groups attached to an aromatic ring is 1. The number of hydrogen-bond donors (Lipinski definition) is 3. The van der Waals surface area contributed by atoms with E-state index in [2.05, 4.69) is 15.6 Å². The smallest absolute Gasteiger partial charge is 0.243 e. The quantitative estimate of drug-likeness (QED) is 0.380. The van der Waals surface area contributed by atoms with Crippen LogP contribution in [0.25, 0.3) is 0 Å². The number of likely N-dealkylation sites (N-methyl/N-ethyl adjacent to an activating group) is 1. The Morgan fingerprint density at radius 3 is 2.31 bits per heavy atom. The molecule has 0 aliphatic heterocycles. The van der Waals surface area contributed by atoms with E-state index in [9.17, 15) is 18.4 Å². The highest BCUT2D eigenvalue weighted by Gasteiger charge is 2.28. The number of rotatable bonds is 11. The van der Waals surface area contributed by atoms with Gasteiger partial charge in [-0.2, -0.15) is 0 Å². The fourth-order valence-corrected chi connectivity index (χ4v) is 3.74. The number of nitrogens with one attached hydrogen (secondary N) is 2. The first-order chi connectivity index (χ1) is 17.3. The number of carbonyl (C=O) groups is 2. The van der Waals surface area contributed by atoms with Gasteiger partial charge in [-0.05, 0) is 54.9 Å². The number of aromatic nitrogens is 1. The number of nitrogens with two attached hydrogens (primary N) is 1. The van der Waals surface area contributed by atoms with Gasteiger partial charge in [0.25, 0.3) is 0 Å². The average Bonchev–Trinajstić information content (AvgIpc) is 2.88. The van der Waals surface area contributed by atoms with Crippen LogP contribution in [0.4, 0.5) is 14.6 Å². The number of amides is 2. The van der Waals surface area contributed by atoms with Crippen molar-refractivity contribution in [2.75, 3.05) is 19.3 Å². The van der Waals surface area contributed by atoms with Gasteiger partial charge in [0, 0.05) is 19.2 Å². The molecule has 0 aliphatic rings. The number of pyridine rings is 1. The maximum absolute atomic E-state index is 13.8. The molecule has 9 heteroatoms. The molecule has 36 heavy (non-hydrogen) atoms. The zero-order valence-electron chi connectivity index (χ0n) is 20.4. The molecule has 3 rings (SSSR count). The Morgan fingerprint density at radius 1 is 0.944 bits per heavy atom. The molecule has 0 fully saturated rings. The standard InChI is InChI=1S/C27H31F2N5O2/c1-3-34(2)24(15-18-7-5-4-6-8-18)27(36)33-23(14-19-9-11-21(28)22(29)13-19)26(35)32-17-20-10-12-25(30)31-16-20/h4-13,16,23-24H,3,14-15,17H2,1-2H3,(H2,30,31)(H,32,35)(H,33,36)/t23-,24-/m0/s1. The van der Waals surface area contributed by atoms with Crippen LogP contribution in [0.2, 0.25) is 0 Å². The maximum Gasteiger partial charge on any atom is 0.243 e. The maximum atomic E-state index is 13.8. The van der Waals surface area contributed by atoms with Gasteiger partial charge in [0.1, 0.15) is 11.9 Å². The Kier molecular flexibility index (Phi) is 9.46. The van der Waals surface area contributed by atoms with Crippen molar-refractivity contribution in [3.63, 3.8) is 0 Å². The summed E-state index contributed by atoms with van der Waals surface area (Å²) in [6.07, 6.45) is 1.99. The van der Waals surface area contributed by atoms with Crippen molar-refractivity contribution < 1.29 is 18.4 Å². The lowest BCUT2D eigenvalue weighted by atomic mass is 10.0. The summed E-state index contributed by atoms with van der Waals surface area (Å²) < 4.78 is 27.3. The SMILES string of the molecule is CCN(C)[C@@H](Cc1ccccc1)C(=O)N[C@@H](Cc1ccc(F)c(F)c1)C(=O)NCc1ccc(N)nc1. The summed E-state index contributed by atoms with van der Waals surface area (Å²) in [5.41, 5.74) is 7.69. The van der Waals surface area contributed by atoms with Crippen LogP contribution in [-0.4, -0.2) is 47.4 Å². The predicted octanol–water partition coefficient (Wildman–Crippen LogP) is 2.85. The molecule has 3 aromatic rings. The van der Waals surface area contributed by atoms with Crippen LogP contribution < -0.4 is 16.4 Å². The topological polar surface area (TPSA) is 100 Å². The summed E-state index contributed by atoms with van der Waals surface area (Å²) in [4.78, 5) is 32.4. The minimum Gasteiger partial charge on any atom is -0.384 e. The molecular formula is C27H31F2N5O2. The Morgan fingerprint density at radius 2 is 1.67 bits per heavy atom. The van der Waals surface area contributed by atoms with Gasteiger partial charge in [0.2, 0.25) is 11.8 Å². The van der Waals surface area contributed by atoms with E-state index in [-0.39, 0.29) is 18.9 Å². The van der Waals surface area contributed by atoms with E-state index in [1.807, 2.05) is 49.2 Å². The third-order valence-corrected chi connectivity index (χ3v) is 5.98. The lowest BCUT2D eigenvalue weighted by Gasteiger charge is -2.28. The number of benzene rings is 2. The van der Waals surface area contributed by atoms with E-state index in [4.69, 9.17) is 5.73 Å². The van der Waals surface area contributed by atoms with Gasteiger partial charge in [-0.25, -0.2) is 13.8 Å². The van der Waals surface area contributed by atoms with Crippen molar-refractivity contribution in [3.8, 4) is 0 Å². The van der Waals surface area contributed by atoms with E-state index in [1.165, 1.54) is 6.07 Å². The molecule has 0 saturated carbocycles.